The average Bonchev–Trinajstić information content (AvgIpc) is 3.10. The van der Waals surface area contributed by atoms with Gasteiger partial charge in [-0.15, -0.1) is 0 Å². The van der Waals surface area contributed by atoms with Crippen molar-refractivity contribution < 1.29 is 19.5 Å². The summed E-state index contributed by atoms with van der Waals surface area (Å²) in [5, 5.41) is 9.09. The number of hydrogen-bond acceptors (Lipinski definition) is 5. The van der Waals surface area contributed by atoms with Crippen LogP contribution in [0.5, 0.6) is 0 Å². The molecule has 1 unspecified atom stereocenters. The molecule has 0 bridgehead atoms. The van der Waals surface area contributed by atoms with Crippen molar-refractivity contribution in [3.05, 3.63) is 23.9 Å². The number of amides is 2. The first-order valence-corrected chi connectivity index (χ1v) is 9.95. The van der Waals surface area contributed by atoms with E-state index in [1.54, 1.807) is 12.3 Å². The van der Waals surface area contributed by atoms with Gasteiger partial charge >= 0.3 is 5.97 Å². The van der Waals surface area contributed by atoms with Crippen LogP contribution in [0, 0.1) is 0 Å². The first-order valence-electron chi connectivity index (χ1n) is 9.95. The van der Waals surface area contributed by atoms with Gasteiger partial charge in [-0.05, 0) is 44.2 Å². The lowest BCUT2D eigenvalue weighted by atomic mass is 10.1. The lowest BCUT2D eigenvalue weighted by Crippen LogP contribution is -2.43. The topological polar surface area (TPSA) is 94.0 Å². The molecule has 2 aliphatic heterocycles. The Morgan fingerprint density at radius 3 is 2.57 bits per heavy atom. The van der Waals surface area contributed by atoms with Crippen molar-refractivity contribution >= 4 is 23.6 Å². The number of carboxylic acids is 1. The van der Waals surface area contributed by atoms with Gasteiger partial charge in [-0.25, -0.2) is 4.98 Å². The lowest BCUT2D eigenvalue weighted by Gasteiger charge is -2.29. The zero-order chi connectivity index (χ0) is 20.1. The van der Waals surface area contributed by atoms with Crippen LogP contribution in [0.25, 0.3) is 0 Å². The third-order valence-electron chi connectivity index (χ3n) is 5.56. The largest absolute Gasteiger partial charge is 0.480 e. The Hall–Kier alpha value is -2.64. The third kappa shape index (κ3) is 4.61. The highest BCUT2D eigenvalue weighted by Crippen LogP contribution is 2.25. The maximum Gasteiger partial charge on any atom is 0.323 e. The first kappa shape index (κ1) is 20.1. The van der Waals surface area contributed by atoms with Gasteiger partial charge in [0, 0.05) is 45.3 Å². The molecule has 2 fully saturated rings. The predicted molar refractivity (Wildman–Crippen MR) is 104 cm³/mol. The summed E-state index contributed by atoms with van der Waals surface area (Å²) >= 11 is 0. The van der Waals surface area contributed by atoms with E-state index in [9.17, 15) is 14.4 Å². The molecule has 28 heavy (non-hydrogen) atoms. The average molecular weight is 388 g/mol. The van der Waals surface area contributed by atoms with Crippen LogP contribution < -0.4 is 4.90 Å². The second kappa shape index (κ2) is 9.03. The second-order valence-corrected chi connectivity index (χ2v) is 7.49. The SMILES string of the molecule is CC(=O)N(CC(=O)O)C1CCCN(C(=O)c2cccnc2N2CCCC2)CC1. The number of nitrogens with zero attached hydrogens (tertiary/aromatic N) is 4. The molecule has 3 heterocycles. The number of carbonyl (C=O) groups is 3. The normalized spacial score (nSPS) is 20.0. The molecule has 1 atom stereocenters. The summed E-state index contributed by atoms with van der Waals surface area (Å²) in [5.74, 6) is -0.543. The maximum absolute atomic E-state index is 13.2. The Labute approximate surface area is 165 Å². The second-order valence-electron chi connectivity index (χ2n) is 7.49. The Morgan fingerprint density at radius 2 is 1.89 bits per heavy atom. The van der Waals surface area contributed by atoms with Crippen LogP contribution in [0.4, 0.5) is 5.82 Å². The van der Waals surface area contributed by atoms with Crippen molar-refractivity contribution in [1.29, 1.82) is 0 Å². The number of aliphatic carboxylic acids is 1. The molecular formula is C20H28N4O4. The van der Waals surface area contributed by atoms with E-state index in [1.807, 2.05) is 11.0 Å². The van der Waals surface area contributed by atoms with Crippen molar-refractivity contribution in [2.24, 2.45) is 0 Å². The molecule has 0 radical (unpaired) electrons. The van der Waals surface area contributed by atoms with E-state index in [-0.39, 0.29) is 24.4 Å². The minimum absolute atomic E-state index is 0.0386. The number of rotatable bonds is 5. The highest BCUT2D eigenvalue weighted by molar-refractivity contribution is 5.99. The van der Waals surface area contributed by atoms with Crippen LogP contribution in [0.15, 0.2) is 18.3 Å². The van der Waals surface area contributed by atoms with Gasteiger partial charge in [-0.3, -0.25) is 14.4 Å². The quantitative estimate of drug-likeness (QED) is 0.824. The van der Waals surface area contributed by atoms with Crippen LogP contribution >= 0.6 is 0 Å². The number of carboxylic acid groups (broad SMARTS) is 1. The molecule has 1 N–H and O–H groups in total. The number of anilines is 1. The van der Waals surface area contributed by atoms with Gasteiger partial charge in [0.25, 0.3) is 5.91 Å². The van der Waals surface area contributed by atoms with E-state index in [0.717, 1.165) is 38.2 Å². The summed E-state index contributed by atoms with van der Waals surface area (Å²) in [6.07, 6.45) is 5.96. The highest BCUT2D eigenvalue weighted by atomic mass is 16.4. The lowest BCUT2D eigenvalue weighted by molar-refractivity contribution is -0.145. The predicted octanol–water partition coefficient (Wildman–Crippen LogP) is 1.61. The van der Waals surface area contributed by atoms with E-state index in [0.29, 0.717) is 31.5 Å². The van der Waals surface area contributed by atoms with E-state index in [4.69, 9.17) is 5.11 Å². The third-order valence-corrected chi connectivity index (χ3v) is 5.56. The van der Waals surface area contributed by atoms with Crippen molar-refractivity contribution in [1.82, 2.24) is 14.8 Å². The Morgan fingerprint density at radius 1 is 1.14 bits per heavy atom. The summed E-state index contributed by atoms with van der Waals surface area (Å²) in [4.78, 5) is 46.0. The maximum atomic E-state index is 13.2. The van der Waals surface area contributed by atoms with Gasteiger partial charge in [0.15, 0.2) is 0 Å². The minimum atomic E-state index is -1.02. The van der Waals surface area contributed by atoms with Crippen molar-refractivity contribution in [2.75, 3.05) is 37.6 Å². The Bertz CT molecular complexity index is 733. The van der Waals surface area contributed by atoms with E-state index in [2.05, 4.69) is 9.88 Å². The molecule has 0 aromatic carbocycles. The molecule has 0 saturated carbocycles. The van der Waals surface area contributed by atoms with Gasteiger partial charge in [0.2, 0.25) is 5.91 Å². The number of hydrogen-bond donors (Lipinski definition) is 1. The Kier molecular flexibility index (Phi) is 6.49. The minimum Gasteiger partial charge on any atom is -0.480 e. The van der Waals surface area contributed by atoms with Crippen LogP contribution in [0.1, 0.15) is 49.4 Å². The fourth-order valence-electron chi connectivity index (χ4n) is 4.15. The highest BCUT2D eigenvalue weighted by Gasteiger charge is 2.29. The van der Waals surface area contributed by atoms with Gasteiger partial charge in [-0.2, -0.15) is 0 Å². The van der Waals surface area contributed by atoms with Gasteiger partial charge in [0.05, 0.1) is 5.56 Å². The zero-order valence-electron chi connectivity index (χ0n) is 16.3. The fourth-order valence-corrected chi connectivity index (χ4v) is 4.15. The van der Waals surface area contributed by atoms with Crippen LogP contribution in [-0.4, -0.2) is 76.4 Å². The van der Waals surface area contributed by atoms with Crippen molar-refractivity contribution in [3.8, 4) is 0 Å². The molecule has 3 rings (SSSR count). The molecule has 1 aromatic rings. The van der Waals surface area contributed by atoms with Crippen LogP contribution in [-0.2, 0) is 9.59 Å². The van der Waals surface area contributed by atoms with Crippen LogP contribution in [0.2, 0.25) is 0 Å². The van der Waals surface area contributed by atoms with Gasteiger partial charge < -0.3 is 19.8 Å². The monoisotopic (exact) mass is 388 g/mol. The molecule has 2 aliphatic rings. The molecule has 2 saturated heterocycles. The van der Waals surface area contributed by atoms with Crippen molar-refractivity contribution in [3.63, 3.8) is 0 Å². The first-order chi connectivity index (χ1) is 13.5. The Balaban J connectivity index is 1.71. The standard InChI is InChI=1S/C20H28N4O4/c1-15(25)24(14-18(26)27)16-6-5-12-23(13-8-16)20(28)17-7-4-9-21-19(17)22-10-2-3-11-22/h4,7,9,16H,2-3,5-6,8,10-14H2,1H3,(H,26,27). The molecular weight excluding hydrogens is 360 g/mol. The van der Waals surface area contributed by atoms with Gasteiger partial charge in [0.1, 0.15) is 12.4 Å². The smallest absolute Gasteiger partial charge is 0.323 e. The molecule has 1 aromatic heterocycles. The van der Waals surface area contributed by atoms with E-state index in [1.165, 1.54) is 11.8 Å². The summed E-state index contributed by atoms with van der Waals surface area (Å²) < 4.78 is 0. The molecule has 0 aliphatic carbocycles. The van der Waals surface area contributed by atoms with E-state index < -0.39 is 5.97 Å². The molecule has 0 spiro atoms. The molecule has 8 nitrogen and oxygen atoms in total. The van der Waals surface area contributed by atoms with Crippen molar-refractivity contribution in [2.45, 2.75) is 45.1 Å². The van der Waals surface area contributed by atoms with Gasteiger partial charge in [-0.1, -0.05) is 0 Å². The number of pyridine rings is 1. The van der Waals surface area contributed by atoms with Crippen LogP contribution in [0.3, 0.4) is 0 Å². The number of aromatic nitrogens is 1. The molecule has 152 valence electrons. The number of carbonyl (C=O) groups excluding carboxylic acids is 2. The summed E-state index contributed by atoms with van der Waals surface area (Å²) in [6.45, 7) is 4.04. The summed E-state index contributed by atoms with van der Waals surface area (Å²) in [6, 6.07) is 3.47. The zero-order valence-corrected chi connectivity index (χ0v) is 16.3. The summed E-state index contributed by atoms with van der Waals surface area (Å²) in [7, 11) is 0. The molecule has 8 heteroatoms. The summed E-state index contributed by atoms with van der Waals surface area (Å²) in [5.41, 5.74) is 0.622. The number of likely N-dealkylation sites (tertiary alicyclic amines) is 1. The fraction of sp³-hybridized carbons (Fsp3) is 0.600. The van der Waals surface area contributed by atoms with E-state index >= 15 is 0 Å². The molecule has 2 amide bonds.